The molecular weight excluding hydrogens is 218 g/mol. The van der Waals surface area contributed by atoms with E-state index in [1.54, 1.807) is 6.07 Å². The van der Waals surface area contributed by atoms with Crippen LogP contribution in [0.25, 0.3) is 0 Å². The van der Waals surface area contributed by atoms with Gasteiger partial charge in [0.1, 0.15) is 18.2 Å². The fraction of sp³-hybridized carbons (Fsp3) is 0.667. The number of aromatic nitrogens is 2. The van der Waals surface area contributed by atoms with Crippen LogP contribution >= 0.6 is 0 Å². The van der Waals surface area contributed by atoms with Crippen LogP contribution < -0.4 is 10.5 Å². The first kappa shape index (κ1) is 13.7. The smallest absolute Gasteiger partial charge is 0.218 e. The fourth-order valence-electron chi connectivity index (χ4n) is 1.22. The molecule has 17 heavy (non-hydrogen) atoms. The summed E-state index contributed by atoms with van der Waals surface area (Å²) in [6.45, 7) is 9.00. The lowest BCUT2D eigenvalue weighted by atomic mass is 10.2. The zero-order valence-corrected chi connectivity index (χ0v) is 10.9. The molecule has 0 bridgehead atoms. The van der Waals surface area contributed by atoms with Crippen molar-refractivity contribution in [1.82, 2.24) is 9.97 Å². The maximum Gasteiger partial charge on any atom is 0.218 e. The van der Waals surface area contributed by atoms with Crippen molar-refractivity contribution in [3.63, 3.8) is 0 Å². The summed E-state index contributed by atoms with van der Waals surface area (Å²) >= 11 is 0. The summed E-state index contributed by atoms with van der Waals surface area (Å²) in [7, 11) is 0. The molecule has 0 aromatic carbocycles. The van der Waals surface area contributed by atoms with Crippen LogP contribution in [0.2, 0.25) is 0 Å². The van der Waals surface area contributed by atoms with Crippen molar-refractivity contribution >= 4 is 5.82 Å². The molecule has 0 aliphatic rings. The Morgan fingerprint density at radius 3 is 2.47 bits per heavy atom. The molecule has 2 N–H and O–H groups in total. The zero-order chi connectivity index (χ0) is 12.8. The second-order valence-corrected chi connectivity index (χ2v) is 4.41. The van der Waals surface area contributed by atoms with Crippen LogP contribution in [0.1, 0.15) is 39.4 Å². The Kier molecular flexibility index (Phi) is 5.15. The molecular formula is C12H21N3O2. The quantitative estimate of drug-likeness (QED) is 0.769. The minimum atomic E-state index is 0.209. The van der Waals surface area contributed by atoms with Crippen molar-refractivity contribution in [3.05, 3.63) is 11.9 Å². The number of ether oxygens (including phenoxy) is 2. The number of nitrogens with zero attached hydrogens (tertiary/aromatic N) is 2. The summed E-state index contributed by atoms with van der Waals surface area (Å²) in [5.74, 6) is 1.87. The summed E-state index contributed by atoms with van der Waals surface area (Å²) in [6, 6.07) is 1.63. The van der Waals surface area contributed by atoms with Gasteiger partial charge in [0.15, 0.2) is 0 Å². The highest BCUT2D eigenvalue weighted by Crippen LogP contribution is 2.16. The van der Waals surface area contributed by atoms with Gasteiger partial charge in [-0.25, -0.2) is 4.98 Å². The maximum absolute atomic E-state index is 5.69. The molecule has 5 nitrogen and oxygen atoms in total. The molecule has 0 unspecified atom stereocenters. The van der Waals surface area contributed by atoms with Crippen molar-refractivity contribution in [2.75, 3.05) is 18.9 Å². The number of nitrogens with two attached hydrogens (primary N) is 1. The molecule has 0 saturated carbocycles. The Hall–Kier alpha value is -1.36. The Bertz CT molecular complexity index is 354. The van der Waals surface area contributed by atoms with E-state index in [9.17, 15) is 0 Å². The lowest BCUT2D eigenvalue weighted by Gasteiger charge is -2.10. The second-order valence-electron chi connectivity index (χ2n) is 4.41. The maximum atomic E-state index is 5.69. The minimum absolute atomic E-state index is 0.209. The molecule has 1 aromatic rings. The van der Waals surface area contributed by atoms with E-state index in [2.05, 4.69) is 9.97 Å². The topological polar surface area (TPSA) is 70.3 Å². The summed E-state index contributed by atoms with van der Waals surface area (Å²) in [4.78, 5) is 8.43. The van der Waals surface area contributed by atoms with Crippen LogP contribution in [0, 0.1) is 0 Å². The average Bonchev–Trinajstić information content (AvgIpc) is 2.23. The first-order valence-corrected chi connectivity index (χ1v) is 5.88. The van der Waals surface area contributed by atoms with Crippen molar-refractivity contribution in [3.8, 4) is 5.88 Å². The van der Waals surface area contributed by atoms with Gasteiger partial charge in [-0.15, -0.1) is 0 Å². The first-order chi connectivity index (χ1) is 7.99. The van der Waals surface area contributed by atoms with Gasteiger partial charge in [-0.05, 0) is 13.8 Å². The van der Waals surface area contributed by atoms with Gasteiger partial charge in [0.25, 0.3) is 0 Å². The SMILES string of the molecule is CC(C)OCCOc1cc(N)nc(C(C)C)n1. The number of rotatable bonds is 6. The van der Waals surface area contributed by atoms with E-state index in [-0.39, 0.29) is 12.0 Å². The number of hydrogen-bond acceptors (Lipinski definition) is 5. The third-order valence-electron chi connectivity index (χ3n) is 2.04. The van der Waals surface area contributed by atoms with Gasteiger partial charge >= 0.3 is 0 Å². The molecule has 0 fully saturated rings. The van der Waals surface area contributed by atoms with Crippen LogP contribution in [-0.4, -0.2) is 29.3 Å². The second kappa shape index (κ2) is 6.39. The van der Waals surface area contributed by atoms with E-state index in [4.69, 9.17) is 15.2 Å². The van der Waals surface area contributed by atoms with Crippen molar-refractivity contribution in [2.24, 2.45) is 0 Å². The van der Waals surface area contributed by atoms with Gasteiger partial charge in [0.05, 0.1) is 12.7 Å². The van der Waals surface area contributed by atoms with Gasteiger partial charge in [-0.3, -0.25) is 0 Å². The summed E-state index contributed by atoms with van der Waals surface area (Å²) in [5, 5.41) is 0. The molecule has 0 atom stereocenters. The largest absolute Gasteiger partial charge is 0.475 e. The third-order valence-corrected chi connectivity index (χ3v) is 2.04. The van der Waals surface area contributed by atoms with Gasteiger partial charge in [0.2, 0.25) is 5.88 Å². The molecule has 0 aliphatic carbocycles. The summed E-state index contributed by atoms with van der Waals surface area (Å²) in [6.07, 6.45) is 0.209. The Morgan fingerprint density at radius 1 is 1.18 bits per heavy atom. The first-order valence-electron chi connectivity index (χ1n) is 5.88. The Balaban J connectivity index is 2.53. The highest BCUT2D eigenvalue weighted by Gasteiger charge is 2.07. The van der Waals surface area contributed by atoms with Crippen LogP contribution in [-0.2, 0) is 4.74 Å². The summed E-state index contributed by atoms with van der Waals surface area (Å²) in [5.41, 5.74) is 5.69. The molecule has 1 heterocycles. The van der Waals surface area contributed by atoms with E-state index in [0.29, 0.717) is 30.7 Å². The molecule has 0 spiro atoms. The Labute approximate surface area is 102 Å². The molecule has 0 amide bonds. The van der Waals surface area contributed by atoms with Crippen LogP contribution in [0.4, 0.5) is 5.82 Å². The van der Waals surface area contributed by atoms with Crippen molar-refractivity contribution in [2.45, 2.75) is 39.7 Å². The lowest BCUT2D eigenvalue weighted by Crippen LogP contribution is -2.12. The van der Waals surface area contributed by atoms with E-state index in [0.717, 1.165) is 0 Å². The van der Waals surface area contributed by atoms with E-state index >= 15 is 0 Å². The summed E-state index contributed by atoms with van der Waals surface area (Å²) < 4.78 is 10.8. The number of nitrogen functional groups attached to an aromatic ring is 1. The van der Waals surface area contributed by atoms with Gasteiger partial charge in [-0.1, -0.05) is 13.8 Å². The molecule has 5 heteroatoms. The molecule has 1 aromatic heterocycles. The number of hydrogen-bond donors (Lipinski definition) is 1. The standard InChI is InChI=1S/C12H21N3O2/c1-8(2)12-14-10(13)7-11(15-12)17-6-5-16-9(3)4/h7-9H,5-6H2,1-4H3,(H2,13,14,15). The normalized spacial score (nSPS) is 11.2. The highest BCUT2D eigenvalue weighted by molar-refractivity contribution is 5.33. The molecule has 96 valence electrons. The molecule has 0 radical (unpaired) electrons. The van der Waals surface area contributed by atoms with Crippen LogP contribution in [0.15, 0.2) is 6.07 Å². The average molecular weight is 239 g/mol. The van der Waals surface area contributed by atoms with E-state index in [1.165, 1.54) is 0 Å². The van der Waals surface area contributed by atoms with Crippen LogP contribution in [0.5, 0.6) is 5.88 Å². The van der Waals surface area contributed by atoms with Crippen molar-refractivity contribution in [1.29, 1.82) is 0 Å². The fourth-order valence-corrected chi connectivity index (χ4v) is 1.22. The molecule has 0 saturated heterocycles. The number of anilines is 1. The molecule has 0 aliphatic heterocycles. The minimum Gasteiger partial charge on any atom is -0.475 e. The Morgan fingerprint density at radius 2 is 1.88 bits per heavy atom. The molecule has 1 rings (SSSR count). The monoisotopic (exact) mass is 239 g/mol. The predicted molar refractivity (Wildman–Crippen MR) is 67.1 cm³/mol. The predicted octanol–water partition coefficient (Wildman–Crippen LogP) is 1.99. The highest BCUT2D eigenvalue weighted by atomic mass is 16.5. The van der Waals surface area contributed by atoms with Gasteiger partial charge < -0.3 is 15.2 Å². The lowest BCUT2D eigenvalue weighted by molar-refractivity contribution is 0.0542. The zero-order valence-electron chi connectivity index (χ0n) is 10.9. The van der Waals surface area contributed by atoms with Crippen molar-refractivity contribution < 1.29 is 9.47 Å². The third kappa shape index (κ3) is 4.99. The van der Waals surface area contributed by atoms with E-state index < -0.39 is 0 Å². The van der Waals surface area contributed by atoms with Gasteiger partial charge in [-0.2, -0.15) is 4.98 Å². The van der Waals surface area contributed by atoms with E-state index in [1.807, 2.05) is 27.7 Å². The van der Waals surface area contributed by atoms with Gasteiger partial charge in [0, 0.05) is 12.0 Å². The van der Waals surface area contributed by atoms with Crippen LogP contribution in [0.3, 0.4) is 0 Å².